The predicted octanol–water partition coefficient (Wildman–Crippen LogP) is 3.69. The summed E-state index contributed by atoms with van der Waals surface area (Å²) in [6.45, 7) is 6.63. The third-order valence-corrected chi connectivity index (χ3v) is 3.22. The Kier molecular flexibility index (Phi) is 2.72. The van der Waals surface area contributed by atoms with Crippen LogP contribution in [0.1, 0.15) is 26.3 Å². The minimum atomic E-state index is 0.164. The van der Waals surface area contributed by atoms with Crippen LogP contribution in [-0.2, 0) is 5.41 Å². The van der Waals surface area contributed by atoms with Gasteiger partial charge in [-0.25, -0.2) is 4.98 Å². The van der Waals surface area contributed by atoms with Gasteiger partial charge in [0.15, 0.2) is 5.13 Å². The van der Waals surface area contributed by atoms with E-state index >= 15 is 0 Å². The van der Waals surface area contributed by atoms with Gasteiger partial charge in [-0.1, -0.05) is 39.0 Å². The molecule has 3 heteroatoms. The summed E-state index contributed by atoms with van der Waals surface area (Å²) in [6.07, 6.45) is 0. The first kappa shape index (κ1) is 11.1. The molecular weight excluding hydrogens is 216 g/mol. The molecule has 16 heavy (non-hydrogen) atoms. The maximum atomic E-state index is 5.65. The Bertz CT molecular complexity index is 495. The van der Waals surface area contributed by atoms with E-state index in [1.54, 1.807) is 0 Å². The fraction of sp³-hybridized carbons (Fsp3) is 0.308. The van der Waals surface area contributed by atoms with E-state index in [-0.39, 0.29) is 5.41 Å². The van der Waals surface area contributed by atoms with E-state index in [0.717, 1.165) is 11.3 Å². The van der Waals surface area contributed by atoms with Crippen LogP contribution in [0.5, 0.6) is 0 Å². The van der Waals surface area contributed by atoms with Crippen LogP contribution in [0.3, 0.4) is 0 Å². The van der Waals surface area contributed by atoms with Crippen LogP contribution in [0.25, 0.3) is 11.3 Å². The molecule has 0 aliphatic heterocycles. The van der Waals surface area contributed by atoms with Gasteiger partial charge in [0.25, 0.3) is 0 Å². The van der Waals surface area contributed by atoms with Crippen molar-refractivity contribution in [3.05, 3.63) is 35.2 Å². The Morgan fingerprint density at radius 2 is 2.00 bits per heavy atom. The largest absolute Gasteiger partial charge is 0.375 e. The standard InChI is InChI=1S/C13H16N2S/c1-13(2,3)10-6-4-5-9(7-10)11-8-16-12(14)15-11/h4-8H,1-3H3,(H2,14,15). The van der Waals surface area contributed by atoms with Crippen molar-refractivity contribution in [1.82, 2.24) is 4.98 Å². The number of nitrogen functional groups attached to an aromatic ring is 1. The highest BCUT2D eigenvalue weighted by Gasteiger charge is 2.14. The number of thiazole rings is 1. The third kappa shape index (κ3) is 2.25. The van der Waals surface area contributed by atoms with Gasteiger partial charge in [-0.3, -0.25) is 0 Å². The zero-order chi connectivity index (χ0) is 11.8. The predicted molar refractivity (Wildman–Crippen MR) is 70.7 cm³/mol. The molecule has 2 nitrogen and oxygen atoms in total. The normalized spacial score (nSPS) is 11.7. The number of rotatable bonds is 1. The second kappa shape index (κ2) is 3.91. The smallest absolute Gasteiger partial charge is 0.180 e. The van der Waals surface area contributed by atoms with E-state index in [9.17, 15) is 0 Å². The van der Waals surface area contributed by atoms with Crippen LogP contribution in [0.15, 0.2) is 29.6 Å². The van der Waals surface area contributed by atoms with E-state index in [1.165, 1.54) is 16.9 Å². The maximum absolute atomic E-state index is 5.65. The molecule has 2 aromatic rings. The number of anilines is 1. The van der Waals surface area contributed by atoms with E-state index in [1.807, 2.05) is 5.38 Å². The molecule has 0 aliphatic carbocycles. The minimum Gasteiger partial charge on any atom is -0.375 e. The highest BCUT2D eigenvalue weighted by atomic mass is 32.1. The molecule has 2 rings (SSSR count). The summed E-state index contributed by atoms with van der Waals surface area (Å²) in [5.41, 5.74) is 9.23. The molecule has 1 aromatic carbocycles. The number of hydrogen-bond donors (Lipinski definition) is 1. The molecule has 84 valence electrons. The highest BCUT2D eigenvalue weighted by molar-refractivity contribution is 7.13. The SMILES string of the molecule is CC(C)(C)c1cccc(-c2csc(N)n2)c1. The first-order valence-corrected chi connectivity index (χ1v) is 6.17. The van der Waals surface area contributed by atoms with Crippen molar-refractivity contribution in [2.24, 2.45) is 0 Å². The van der Waals surface area contributed by atoms with Crippen LogP contribution in [0, 0.1) is 0 Å². The molecule has 0 amide bonds. The summed E-state index contributed by atoms with van der Waals surface area (Å²) >= 11 is 1.48. The molecule has 0 aliphatic rings. The minimum absolute atomic E-state index is 0.164. The first-order chi connectivity index (χ1) is 7.47. The molecule has 0 saturated heterocycles. The summed E-state index contributed by atoms with van der Waals surface area (Å²) in [5, 5.41) is 2.62. The van der Waals surface area contributed by atoms with Crippen molar-refractivity contribution in [2.75, 3.05) is 5.73 Å². The first-order valence-electron chi connectivity index (χ1n) is 5.29. The summed E-state index contributed by atoms with van der Waals surface area (Å²) in [7, 11) is 0. The van der Waals surface area contributed by atoms with Gasteiger partial charge >= 0.3 is 0 Å². The van der Waals surface area contributed by atoms with Crippen LogP contribution < -0.4 is 5.73 Å². The number of hydrogen-bond acceptors (Lipinski definition) is 3. The molecule has 0 bridgehead atoms. The number of nitrogens with two attached hydrogens (primary N) is 1. The molecule has 1 heterocycles. The van der Waals surface area contributed by atoms with Gasteiger partial charge in [0.2, 0.25) is 0 Å². The highest BCUT2D eigenvalue weighted by Crippen LogP contribution is 2.28. The van der Waals surface area contributed by atoms with Crippen molar-refractivity contribution < 1.29 is 0 Å². The lowest BCUT2D eigenvalue weighted by Gasteiger charge is -2.19. The van der Waals surface area contributed by atoms with Crippen LogP contribution in [0.4, 0.5) is 5.13 Å². The average molecular weight is 232 g/mol. The van der Waals surface area contributed by atoms with Gasteiger partial charge < -0.3 is 5.73 Å². The molecular formula is C13H16N2S. The van der Waals surface area contributed by atoms with E-state index in [2.05, 4.69) is 50.0 Å². The van der Waals surface area contributed by atoms with Gasteiger partial charge in [0, 0.05) is 10.9 Å². The zero-order valence-corrected chi connectivity index (χ0v) is 10.6. The Hall–Kier alpha value is -1.35. The number of aromatic nitrogens is 1. The van der Waals surface area contributed by atoms with E-state index in [0.29, 0.717) is 5.13 Å². The van der Waals surface area contributed by atoms with Gasteiger partial charge in [-0.15, -0.1) is 11.3 Å². The molecule has 1 aromatic heterocycles. The van der Waals surface area contributed by atoms with Crippen molar-refractivity contribution in [2.45, 2.75) is 26.2 Å². The van der Waals surface area contributed by atoms with Gasteiger partial charge in [-0.05, 0) is 17.0 Å². The summed E-state index contributed by atoms with van der Waals surface area (Å²) in [4.78, 5) is 4.30. The van der Waals surface area contributed by atoms with Crippen molar-refractivity contribution in [3.63, 3.8) is 0 Å². The van der Waals surface area contributed by atoms with Crippen LogP contribution in [0.2, 0.25) is 0 Å². The fourth-order valence-electron chi connectivity index (χ4n) is 1.57. The summed E-state index contributed by atoms with van der Waals surface area (Å²) in [6, 6.07) is 8.49. The van der Waals surface area contributed by atoms with Gasteiger partial charge in [-0.2, -0.15) is 0 Å². The number of benzene rings is 1. The van der Waals surface area contributed by atoms with Crippen molar-refractivity contribution in [1.29, 1.82) is 0 Å². The van der Waals surface area contributed by atoms with E-state index < -0.39 is 0 Å². The lowest BCUT2D eigenvalue weighted by molar-refractivity contribution is 0.590. The van der Waals surface area contributed by atoms with Crippen molar-refractivity contribution in [3.8, 4) is 11.3 Å². The zero-order valence-electron chi connectivity index (χ0n) is 9.82. The Morgan fingerprint density at radius 1 is 1.25 bits per heavy atom. The lowest BCUT2D eigenvalue weighted by Crippen LogP contribution is -2.10. The summed E-state index contributed by atoms with van der Waals surface area (Å²) in [5.74, 6) is 0. The molecule has 0 saturated carbocycles. The second-order valence-corrected chi connectivity index (χ2v) is 5.79. The molecule has 0 radical (unpaired) electrons. The monoisotopic (exact) mass is 232 g/mol. The topological polar surface area (TPSA) is 38.9 Å². The molecule has 0 unspecified atom stereocenters. The van der Waals surface area contributed by atoms with Gasteiger partial charge in [0.1, 0.15) is 0 Å². The van der Waals surface area contributed by atoms with Crippen LogP contribution >= 0.6 is 11.3 Å². The third-order valence-electron chi connectivity index (χ3n) is 2.55. The van der Waals surface area contributed by atoms with Gasteiger partial charge in [0.05, 0.1) is 5.69 Å². The Balaban J connectivity index is 2.44. The molecule has 0 fully saturated rings. The molecule has 0 atom stereocenters. The second-order valence-electron chi connectivity index (χ2n) is 4.90. The Morgan fingerprint density at radius 3 is 2.56 bits per heavy atom. The average Bonchev–Trinajstić information content (AvgIpc) is 2.64. The summed E-state index contributed by atoms with van der Waals surface area (Å²) < 4.78 is 0. The van der Waals surface area contributed by atoms with Crippen LogP contribution in [-0.4, -0.2) is 4.98 Å². The number of nitrogens with zero attached hydrogens (tertiary/aromatic N) is 1. The molecule has 2 N–H and O–H groups in total. The fourth-order valence-corrected chi connectivity index (χ4v) is 2.14. The van der Waals surface area contributed by atoms with E-state index in [4.69, 9.17) is 5.73 Å². The maximum Gasteiger partial charge on any atom is 0.180 e. The lowest BCUT2D eigenvalue weighted by atomic mass is 9.86. The van der Waals surface area contributed by atoms with Crippen molar-refractivity contribution >= 4 is 16.5 Å². The Labute approximate surface area is 100 Å². The molecule has 0 spiro atoms. The quantitative estimate of drug-likeness (QED) is 0.814.